The Bertz CT molecular complexity index is 408. The number of aliphatic carboxylic acids is 1. The van der Waals surface area contributed by atoms with E-state index in [2.05, 4.69) is 0 Å². The van der Waals surface area contributed by atoms with Crippen LogP contribution in [0.2, 0.25) is 0 Å². The molecule has 3 heteroatoms. The fraction of sp³-hybridized carbons (Fsp3) is 0.533. The molecule has 0 fully saturated rings. The third kappa shape index (κ3) is 2.72. The molecule has 0 saturated carbocycles. The Morgan fingerprint density at radius 1 is 1.28 bits per heavy atom. The highest BCUT2D eigenvalue weighted by molar-refractivity contribution is 5.72. The largest absolute Gasteiger partial charge is 0.481 e. The van der Waals surface area contributed by atoms with E-state index >= 15 is 0 Å². The second kappa shape index (κ2) is 5.53. The maximum absolute atomic E-state index is 11.4. The average Bonchev–Trinajstić information content (AvgIpc) is 2.28. The van der Waals surface area contributed by atoms with Crippen LogP contribution in [0, 0.1) is 18.8 Å². The number of hydrogen-bond donors (Lipinski definition) is 2. The molecule has 0 aliphatic heterocycles. The Hall–Kier alpha value is -1.35. The Morgan fingerprint density at radius 3 is 2.11 bits per heavy atom. The van der Waals surface area contributed by atoms with Gasteiger partial charge in [-0.15, -0.1) is 0 Å². The highest BCUT2D eigenvalue weighted by Crippen LogP contribution is 2.37. The minimum atomic E-state index is -1.31. The van der Waals surface area contributed by atoms with Crippen molar-refractivity contribution in [3.63, 3.8) is 0 Å². The first-order valence-corrected chi connectivity index (χ1v) is 6.35. The normalized spacial score (nSPS) is 16.3. The second-order valence-electron chi connectivity index (χ2n) is 5.20. The smallest absolute Gasteiger partial charge is 0.310 e. The summed E-state index contributed by atoms with van der Waals surface area (Å²) in [5.74, 6) is -1.88. The van der Waals surface area contributed by atoms with E-state index < -0.39 is 17.5 Å². The van der Waals surface area contributed by atoms with Crippen LogP contribution in [0.5, 0.6) is 0 Å². The van der Waals surface area contributed by atoms with Crippen molar-refractivity contribution in [3.05, 3.63) is 35.4 Å². The average molecular weight is 250 g/mol. The summed E-state index contributed by atoms with van der Waals surface area (Å²) < 4.78 is 0. The van der Waals surface area contributed by atoms with E-state index in [1.54, 1.807) is 0 Å². The molecular weight excluding hydrogens is 228 g/mol. The zero-order chi connectivity index (χ0) is 13.9. The molecule has 0 amide bonds. The van der Waals surface area contributed by atoms with E-state index in [1.165, 1.54) is 0 Å². The van der Waals surface area contributed by atoms with Gasteiger partial charge in [-0.05, 0) is 24.8 Å². The van der Waals surface area contributed by atoms with Gasteiger partial charge in [-0.2, -0.15) is 0 Å². The Balaban J connectivity index is 3.26. The minimum Gasteiger partial charge on any atom is -0.481 e. The van der Waals surface area contributed by atoms with Crippen LogP contribution >= 0.6 is 0 Å². The molecule has 0 spiro atoms. The lowest BCUT2D eigenvalue weighted by atomic mass is 9.73. The molecule has 0 aliphatic rings. The molecule has 2 atom stereocenters. The van der Waals surface area contributed by atoms with Gasteiger partial charge in [0, 0.05) is 0 Å². The molecule has 1 aromatic carbocycles. The molecule has 0 aromatic heterocycles. The maximum atomic E-state index is 11.4. The Morgan fingerprint density at radius 2 is 1.78 bits per heavy atom. The maximum Gasteiger partial charge on any atom is 0.310 e. The Labute approximate surface area is 108 Å². The summed E-state index contributed by atoms with van der Waals surface area (Å²) in [5, 5.41) is 20.2. The van der Waals surface area contributed by atoms with Crippen LogP contribution in [0.1, 0.15) is 38.3 Å². The van der Waals surface area contributed by atoms with Gasteiger partial charge in [-0.1, -0.05) is 50.6 Å². The molecule has 0 saturated heterocycles. The lowest BCUT2D eigenvalue weighted by molar-refractivity contribution is -0.157. The van der Waals surface area contributed by atoms with Gasteiger partial charge in [0.05, 0.1) is 5.92 Å². The third-order valence-corrected chi connectivity index (χ3v) is 3.54. The summed E-state index contributed by atoms with van der Waals surface area (Å²) in [6, 6.07) is 7.43. The van der Waals surface area contributed by atoms with Gasteiger partial charge >= 0.3 is 5.97 Å². The third-order valence-electron chi connectivity index (χ3n) is 3.54. The lowest BCUT2D eigenvalue weighted by Crippen LogP contribution is -2.42. The van der Waals surface area contributed by atoms with E-state index in [0.717, 1.165) is 5.56 Å². The van der Waals surface area contributed by atoms with Crippen LogP contribution in [0.3, 0.4) is 0 Å². The molecule has 0 bridgehead atoms. The van der Waals surface area contributed by atoms with Crippen molar-refractivity contribution < 1.29 is 15.0 Å². The molecule has 18 heavy (non-hydrogen) atoms. The highest BCUT2D eigenvalue weighted by atomic mass is 16.4. The zero-order valence-electron chi connectivity index (χ0n) is 11.5. The monoisotopic (exact) mass is 250 g/mol. The van der Waals surface area contributed by atoms with E-state index in [0.29, 0.717) is 12.0 Å². The van der Waals surface area contributed by atoms with E-state index in [1.807, 2.05) is 52.0 Å². The molecule has 2 N–H and O–H groups in total. The first-order chi connectivity index (χ1) is 8.32. The SMILES string of the molecule is CCC(O)(c1ccc(C)cc1)C(C(=O)O)C(C)C. The molecule has 0 radical (unpaired) electrons. The van der Waals surface area contributed by atoms with Crippen LogP contribution in [-0.4, -0.2) is 16.2 Å². The van der Waals surface area contributed by atoms with Gasteiger partial charge in [0.15, 0.2) is 0 Å². The summed E-state index contributed by atoms with van der Waals surface area (Å²) >= 11 is 0. The van der Waals surface area contributed by atoms with E-state index in [9.17, 15) is 15.0 Å². The van der Waals surface area contributed by atoms with Crippen LogP contribution in [0.25, 0.3) is 0 Å². The van der Waals surface area contributed by atoms with Crippen molar-refractivity contribution in [2.24, 2.45) is 11.8 Å². The fourth-order valence-electron chi connectivity index (χ4n) is 2.49. The zero-order valence-corrected chi connectivity index (χ0v) is 11.5. The lowest BCUT2D eigenvalue weighted by Gasteiger charge is -2.35. The number of carboxylic acid groups (broad SMARTS) is 1. The topological polar surface area (TPSA) is 57.5 Å². The molecule has 2 unspecified atom stereocenters. The first-order valence-electron chi connectivity index (χ1n) is 6.35. The second-order valence-corrected chi connectivity index (χ2v) is 5.20. The number of aryl methyl sites for hydroxylation is 1. The summed E-state index contributed by atoms with van der Waals surface area (Å²) in [5.41, 5.74) is 0.457. The molecule has 0 heterocycles. The summed E-state index contributed by atoms with van der Waals surface area (Å²) in [7, 11) is 0. The van der Waals surface area contributed by atoms with E-state index in [4.69, 9.17) is 0 Å². The van der Waals surface area contributed by atoms with Gasteiger partial charge in [0.25, 0.3) is 0 Å². The van der Waals surface area contributed by atoms with Crippen molar-refractivity contribution in [3.8, 4) is 0 Å². The standard InChI is InChI=1S/C15H22O3/c1-5-15(18,13(10(2)3)14(16)17)12-8-6-11(4)7-9-12/h6-10,13,18H,5H2,1-4H3,(H,16,17). The quantitative estimate of drug-likeness (QED) is 0.844. The summed E-state index contributed by atoms with van der Waals surface area (Å²) in [6.45, 7) is 7.44. The van der Waals surface area contributed by atoms with Gasteiger partial charge in [0.2, 0.25) is 0 Å². The van der Waals surface area contributed by atoms with Crippen molar-refractivity contribution in [2.45, 2.75) is 39.7 Å². The van der Waals surface area contributed by atoms with Crippen molar-refractivity contribution in [2.75, 3.05) is 0 Å². The number of aliphatic hydroxyl groups is 1. The van der Waals surface area contributed by atoms with Gasteiger partial charge < -0.3 is 10.2 Å². The number of benzene rings is 1. The summed E-state index contributed by atoms with van der Waals surface area (Å²) in [4.78, 5) is 11.4. The molecule has 1 aromatic rings. The fourth-order valence-corrected chi connectivity index (χ4v) is 2.49. The highest BCUT2D eigenvalue weighted by Gasteiger charge is 2.43. The number of carbonyl (C=O) groups is 1. The summed E-state index contributed by atoms with van der Waals surface area (Å²) in [6.07, 6.45) is 0.380. The van der Waals surface area contributed by atoms with Gasteiger partial charge in [-0.25, -0.2) is 0 Å². The molecular formula is C15H22O3. The van der Waals surface area contributed by atoms with Crippen molar-refractivity contribution >= 4 is 5.97 Å². The minimum absolute atomic E-state index is 0.131. The number of rotatable bonds is 5. The molecule has 1 rings (SSSR count). The molecule has 0 aliphatic carbocycles. The molecule has 100 valence electrons. The number of carboxylic acids is 1. The predicted octanol–water partition coefficient (Wildman–Crippen LogP) is 2.95. The van der Waals surface area contributed by atoms with Crippen molar-refractivity contribution in [1.29, 1.82) is 0 Å². The van der Waals surface area contributed by atoms with Crippen LogP contribution in [-0.2, 0) is 10.4 Å². The number of hydrogen-bond acceptors (Lipinski definition) is 2. The van der Waals surface area contributed by atoms with Crippen molar-refractivity contribution in [1.82, 2.24) is 0 Å². The molecule has 3 nitrogen and oxygen atoms in total. The Kier molecular flexibility index (Phi) is 4.52. The van der Waals surface area contributed by atoms with Crippen LogP contribution in [0.15, 0.2) is 24.3 Å². The van der Waals surface area contributed by atoms with Gasteiger partial charge in [-0.3, -0.25) is 4.79 Å². The van der Waals surface area contributed by atoms with E-state index in [-0.39, 0.29) is 5.92 Å². The van der Waals surface area contributed by atoms with Crippen LogP contribution < -0.4 is 0 Å². The first kappa shape index (κ1) is 14.7. The van der Waals surface area contributed by atoms with Crippen LogP contribution in [0.4, 0.5) is 0 Å². The predicted molar refractivity (Wildman–Crippen MR) is 71.3 cm³/mol. The van der Waals surface area contributed by atoms with Gasteiger partial charge in [0.1, 0.15) is 5.60 Å².